The summed E-state index contributed by atoms with van der Waals surface area (Å²) in [5.74, 6) is 1.75. The molecule has 0 atom stereocenters. The molecule has 1 amide bonds. The molecule has 0 spiro atoms. The normalized spacial score (nSPS) is 10.1. The van der Waals surface area contributed by atoms with Gasteiger partial charge in [-0.15, -0.1) is 0 Å². The summed E-state index contributed by atoms with van der Waals surface area (Å²) < 4.78 is 10.6. The predicted molar refractivity (Wildman–Crippen MR) is 74.7 cm³/mol. The lowest BCUT2D eigenvalue weighted by molar-refractivity contribution is -0.128. The Bertz CT molecular complexity index is 377. The Balaban J connectivity index is 2.08. The third-order valence-corrected chi connectivity index (χ3v) is 2.62. The number of hydrogen-bond acceptors (Lipinski definition) is 4. The Hall–Kier alpha value is -1.75. The third kappa shape index (κ3) is 6.10. The molecular formula is C14H22N2O3. The van der Waals surface area contributed by atoms with Gasteiger partial charge in [0.15, 0.2) is 0 Å². The van der Waals surface area contributed by atoms with Crippen molar-refractivity contribution < 1.29 is 14.3 Å². The molecule has 0 heterocycles. The van der Waals surface area contributed by atoms with Gasteiger partial charge in [-0.1, -0.05) is 0 Å². The summed E-state index contributed by atoms with van der Waals surface area (Å²) in [6.07, 6.45) is 0.509. The van der Waals surface area contributed by atoms with E-state index in [-0.39, 0.29) is 5.91 Å². The molecule has 5 nitrogen and oxygen atoms in total. The van der Waals surface area contributed by atoms with Gasteiger partial charge in [0.25, 0.3) is 0 Å². The molecular weight excluding hydrogens is 244 g/mol. The van der Waals surface area contributed by atoms with E-state index in [9.17, 15) is 4.79 Å². The fraction of sp³-hybridized carbons (Fsp3) is 0.500. The van der Waals surface area contributed by atoms with E-state index in [1.165, 1.54) is 0 Å². The van der Waals surface area contributed by atoms with Crippen molar-refractivity contribution in [3.63, 3.8) is 0 Å². The van der Waals surface area contributed by atoms with Crippen molar-refractivity contribution in [3.8, 4) is 11.5 Å². The van der Waals surface area contributed by atoms with Gasteiger partial charge in [0.05, 0.1) is 7.11 Å². The fourth-order valence-corrected chi connectivity index (χ4v) is 1.46. The van der Waals surface area contributed by atoms with Gasteiger partial charge in [-0.05, 0) is 24.3 Å². The quantitative estimate of drug-likeness (QED) is 0.717. The number of carbonyl (C=O) groups is 1. The van der Waals surface area contributed by atoms with E-state index in [1.807, 2.05) is 24.3 Å². The minimum Gasteiger partial charge on any atom is -0.497 e. The van der Waals surface area contributed by atoms with Crippen molar-refractivity contribution in [1.29, 1.82) is 0 Å². The zero-order valence-corrected chi connectivity index (χ0v) is 11.8. The van der Waals surface area contributed by atoms with Crippen LogP contribution >= 0.6 is 0 Å². The van der Waals surface area contributed by atoms with E-state index >= 15 is 0 Å². The van der Waals surface area contributed by atoms with Crippen LogP contribution in [0.4, 0.5) is 0 Å². The second-order valence-electron chi connectivity index (χ2n) is 4.31. The monoisotopic (exact) mass is 266 g/mol. The van der Waals surface area contributed by atoms with E-state index in [4.69, 9.17) is 9.47 Å². The number of rotatable bonds is 8. The Kier molecular flexibility index (Phi) is 6.74. The van der Waals surface area contributed by atoms with Crippen molar-refractivity contribution in [2.45, 2.75) is 6.42 Å². The molecule has 1 aromatic carbocycles. The maximum atomic E-state index is 11.3. The summed E-state index contributed by atoms with van der Waals surface area (Å²) >= 11 is 0. The van der Waals surface area contributed by atoms with Crippen LogP contribution in [0.1, 0.15) is 6.42 Å². The second kappa shape index (κ2) is 8.37. The molecule has 0 aromatic heterocycles. The Morgan fingerprint density at radius 3 is 2.37 bits per heavy atom. The maximum absolute atomic E-state index is 11.3. The van der Waals surface area contributed by atoms with E-state index in [1.54, 1.807) is 26.1 Å². The molecule has 0 aliphatic rings. The molecule has 0 bridgehead atoms. The van der Waals surface area contributed by atoms with Crippen LogP contribution in [-0.2, 0) is 4.79 Å². The molecule has 0 radical (unpaired) electrons. The molecule has 0 fully saturated rings. The minimum absolute atomic E-state index is 0.128. The summed E-state index contributed by atoms with van der Waals surface area (Å²) in [6, 6.07) is 7.46. The van der Waals surface area contributed by atoms with Crippen LogP contribution in [0, 0.1) is 0 Å². The van der Waals surface area contributed by atoms with E-state index in [0.29, 0.717) is 26.1 Å². The summed E-state index contributed by atoms with van der Waals surface area (Å²) in [5.41, 5.74) is 0. The molecule has 0 aliphatic heterocycles. The lowest BCUT2D eigenvalue weighted by atomic mass is 10.3. The predicted octanol–water partition coefficient (Wildman–Crippen LogP) is 1.14. The van der Waals surface area contributed by atoms with Crippen molar-refractivity contribution in [2.24, 2.45) is 0 Å². The molecule has 106 valence electrons. The van der Waals surface area contributed by atoms with E-state index in [2.05, 4.69) is 5.32 Å². The van der Waals surface area contributed by atoms with Crippen molar-refractivity contribution in [1.82, 2.24) is 10.2 Å². The van der Waals surface area contributed by atoms with E-state index < -0.39 is 0 Å². The summed E-state index contributed by atoms with van der Waals surface area (Å²) in [4.78, 5) is 12.9. The van der Waals surface area contributed by atoms with Gasteiger partial charge >= 0.3 is 0 Å². The fourth-order valence-electron chi connectivity index (χ4n) is 1.46. The number of nitrogens with one attached hydrogen (secondary N) is 1. The number of nitrogens with zero attached hydrogens (tertiary/aromatic N) is 1. The number of ether oxygens (including phenoxy) is 2. The lowest BCUT2D eigenvalue weighted by Crippen LogP contribution is -2.28. The molecule has 0 unspecified atom stereocenters. The van der Waals surface area contributed by atoms with Crippen molar-refractivity contribution in [2.75, 3.05) is 40.9 Å². The first-order chi connectivity index (χ1) is 9.13. The van der Waals surface area contributed by atoms with Crippen molar-refractivity contribution in [3.05, 3.63) is 24.3 Å². The van der Waals surface area contributed by atoms with Gasteiger partial charge < -0.3 is 19.7 Å². The molecule has 0 saturated heterocycles. The van der Waals surface area contributed by atoms with Gasteiger partial charge in [-0.2, -0.15) is 0 Å². The highest BCUT2D eigenvalue weighted by Gasteiger charge is 2.02. The highest BCUT2D eigenvalue weighted by molar-refractivity contribution is 5.75. The van der Waals surface area contributed by atoms with E-state index in [0.717, 1.165) is 11.5 Å². The molecule has 1 N–H and O–H groups in total. The smallest absolute Gasteiger partial charge is 0.223 e. The first-order valence-electron chi connectivity index (χ1n) is 6.31. The number of methoxy groups -OCH3 is 1. The number of carbonyl (C=O) groups excluding carboxylic acids is 1. The second-order valence-corrected chi connectivity index (χ2v) is 4.31. The summed E-state index contributed by atoms with van der Waals surface area (Å²) in [6.45, 7) is 1.96. The lowest BCUT2D eigenvalue weighted by Gasteiger charge is -2.11. The summed E-state index contributed by atoms with van der Waals surface area (Å²) in [5, 5.41) is 3.17. The van der Waals surface area contributed by atoms with Crippen LogP contribution in [-0.4, -0.2) is 51.7 Å². The molecule has 1 aromatic rings. The van der Waals surface area contributed by atoms with Crippen LogP contribution < -0.4 is 14.8 Å². The van der Waals surface area contributed by atoms with Crippen LogP contribution in [0.25, 0.3) is 0 Å². The highest BCUT2D eigenvalue weighted by Crippen LogP contribution is 2.16. The zero-order valence-electron chi connectivity index (χ0n) is 11.8. The van der Waals surface area contributed by atoms with Crippen LogP contribution in [0.15, 0.2) is 24.3 Å². The summed E-state index contributed by atoms with van der Waals surface area (Å²) in [7, 11) is 5.15. The SMILES string of the molecule is COc1ccc(OCCNCCC(=O)N(C)C)cc1. The maximum Gasteiger partial charge on any atom is 0.223 e. The van der Waals surface area contributed by atoms with Gasteiger partial charge in [-0.25, -0.2) is 0 Å². The highest BCUT2D eigenvalue weighted by atomic mass is 16.5. The molecule has 19 heavy (non-hydrogen) atoms. The minimum atomic E-state index is 0.128. The van der Waals surface area contributed by atoms with Gasteiger partial charge in [0, 0.05) is 33.6 Å². The molecule has 1 rings (SSSR count). The van der Waals surface area contributed by atoms with Gasteiger partial charge in [-0.3, -0.25) is 4.79 Å². The average Bonchev–Trinajstić information content (AvgIpc) is 2.42. The van der Waals surface area contributed by atoms with Crippen LogP contribution in [0.5, 0.6) is 11.5 Å². The molecule has 0 aliphatic carbocycles. The van der Waals surface area contributed by atoms with Crippen LogP contribution in [0.2, 0.25) is 0 Å². The Morgan fingerprint density at radius 2 is 1.79 bits per heavy atom. The standard InChI is InChI=1S/C14H22N2O3/c1-16(2)14(17)8-9-15-10-11-19-13-6-4-12(18-3)5-7-13/h4-7,15H,8-11H2,1-3H3. The number of amides is 1. The largest absolute Gasteiger partial charge is 0.497 e. The molecule has 5 heteroatoms. The average molecular weight is 266 g/mol. The first-order valence-corrected chi connectivity index (χ1v) is 6.31. The third-order valence-electron chi connectivity index (χ3n) is 2.62. The molecule has 0 saturated carbocycles. The zero-order chi connectivity index (χ0) is 14.1. The van der Waals surface area contributed by atoms with Crippen LogP contribution in [0.3, 0.4) is 0 Å². The Labute approximate surface area is 114 Å². The van der Waals surface area contributed by atoms with Gasteiger partial charge in [0.2, 0.25) is 5.91 Å². The van der Waals surface area contributed by atoms with Crippen molar-refractivity contribution >= 4 is 5.91 Å². The Morgan fingerprint density at radius 1 is 1.16 bits per heavy atom. The number of hydrogen-bond donors (Lipinski definition) is 1. The first kappa shape index (κ1) is 15.3. The van der Waals surface area contributed by atoms with Gasteiger partial charge in [0.1, 0.15) is 18.1 Å². The topological polar surface area (TPSA) is 50.8 Å². The number of benzene rings is 1.